The van der Waals surface area contributed by atoms with Gasteiger partial charge >= 0.3 is 6.18 Å². The van der Waals surface area contributed by atoms with Crippen molar-refractivity contribution >= 4 is 29.1 Å². The number of rotatable bonds is 5. The summed E-state index contributed by atoms with van der Waals surface area (Å²) in [5.74, 6) is -1.80. The van der Waals surface area contributed by atoms with Crippen LogP contribution in [0.5, 0.6) is 0 Å². The smallest absolute Gasteiger partial charge is 0.376 e. The van der Waals surface area contributed by atoms with Gasteiger partial charge in [-0.25, -0.2) is 4.68 Å². The molecule has 0 aliphatic heterocycles. The SMILES string of the molecule is Cc1ccc(NCC(=O)NNC(=O)c2cnn(-c3ccc(Cl)cc3)c2C(F)(F)F)cc1. The number of hydrogen-bond acceptors (Lipinski definition) is 4. The molecule has 0 spiro atoms. The Kier molecular flexibility index (Phi) is 6.50. The molecule has 1 heterocycles. The number of carbonyl (C=O) groups is 2. The molecule has 3 rings (SSSR count). The molecule has 0 unspecified atom stereocenters. The molecule has 0 saturated carbocycles. The third kappa shape index (κ3) is 5.54. The van der Waals surface area contributed by atoms with Gasteiger partial charge in [0.15, 0.2) is 5.69 Å². The predicted molar refractivity (Wildman–Crippen MR) is 109 cm³/mol. The van der Waals surface area contributed by atoms with Gasteiger partial charge in [-0.05, 0) is 43.3 Å². The van der Waals surface area contributed by atoms with E-state index in [2.05, 4.69) is 15.8 Å². The Hall–Kier alpha value is -3.53. The number of nitrogens with one attached hydrogen (secondary N) is 3. The van der Waals surface area contributed by atoms with Crippen molar-refractivity contribution in [3.63, 3.8) is 0 Å². The fraction of sp³-hybridized carbons (Fsp3) is 0.150. The molecule has 2 amide bonds. The molecular weight excluding hydrogens is 435 g/mol. The quantitative estimate of drug-likeness (QED) is 0.516. The summed E-state index contributed by atoms with van der Waals surface area (Å²) in [7, 11) is 0. The van der Waals surface area contributed by atoms with Crippen LogP contribution in [-0.4, -0.2) is 28.1 Å². The first kappa shape index (κ1) is 22.2. The van der Waals surface area contributed by atoms with E-state index < -0.39 is 29.2 Å². The van der Waals surface area contributed by atoms with Gasteiger partial charge < -0.3 is 5.32 Å². The van der Waals surface area contributed by atoms with E-state index in [1.54, 1.807) is 12.1 Å². The highest BCUT2D eigenvalue weighted by molar-refractivity contribution is 6.30. The van der Waals surface area contributed by atoms with Crippen molar-refractivity contribution in [2.45, 2.75) is 13.1 Å². The van der Waals surface area contributed by atoms with E-state index in [0.717, 1.165) is 11.8 Å². The molecular formula is C20H17ClF3N5O2. The van der Waals surface area contributed by atoms with Gasteiger partial charge in [0, 0.05) is 10.7 Å². The number of hydrazine groups is 1. The van der Waals surface area contributed by atoms with Crippen LogP contribution in [0.15, 0.2) is 54.7 Å². The van der Waals surface area contributed by atoms with Crippen LogP contribution in [0.3, 0.4) is 0 Å². The van der Waals surface area contributed by atoms with Gasteiger partial charge in [-0.15, -0.1) is 0 Å². The molecule has 0 aliphatic carbocycles. The van der Waals surface area contributed by atoms with Crippen LogP contribution in [-0.2, 0) is 11.0 Å². The molecule has 162 valence electrons. The van der Waals surface area contributed by atoms with Gasteiger partial charge in [-0.1, -0.05) is 29.3 Å². The number of anilines is 1. The second kappa shape index (κ2) is 9.09. The summed E-state index contributed by atoms with van der Waals surface area (Å²) in [6.45, 7) is 1.72. The molecule has 0 radical (unpaired) electrons. The van der Waals surface area contributed by atoms with Crippen molar-refractivity contribution in [2.24, 2.45) is 0 Å². The highest BCUT2D eigenvalue weighted by atomic mass is 35.5. The minimum Gasteiger partial charge on any atom is -0.376 e. The van der Waals surface area contributed by atoms with E-state index in [-0.39, 0.29) is 12.2 Å². The maximum Gasteiger partial charge on any atom is 0.434 e. The van der Waals surface area contributed by atoms with E-state index in [0.29, 0.717) is 15.4 Å². The lowest BCUT2D eigenvalue weighted by atomic mass is 10.2. The van der Waals surface area contributed by atoms with Crippen molar-refractivity contribution in [3.8, 4) is 5.69 Å². The van der Waals surface area contributed by atoms with Gasteiger partial charge in [-0.3, -0.25) is 20.4 Å². The fourth-order valence-electron chi connectivity index (χ4n) is 2.66. The van der Waals surface area contributed by atoms with Gasteiger partial charge in [0.05, 0.1) is 24.0 Å². The average Bonchev–Trinajstić information content (AvgIpc) is 3.18. The van der Waals surface area contributed by atoms with Crippen molar-refractivity contribution < 1.29 is 22.8 Å². The minimum atomic E-state index is -4.88. The van der Waals surface area contributed by atoms with Crippen molar-refractivity contribution in [1.82, 2.24) is 20.6 Å². The topological polar surface area (TPSA) is 88.1 Å². The number of alkyl halides is 3. The largest absolute Gasteiger partial charge is 0.434 e. The molecule has 3 aromatic rings. The number of aromatic nitrogens is 2. The average molecular weight is 452 g/mol. The second-order valence-corrected chi connectivity index (χ2v) is 6.95. The lowest BCUT2D eigenvalue weighted by molar-refractivity contribution is -0.143. The summed E-state index contributed by atoms with van der Waals surface area (Å²) in [5.41, 5.74) is 3.82. The van der Waals surface area contributed by atoms with Gasteiger partial charge in [0.2, 0.25) is 0 Å². The predicted octanol–water partition coefficient (Wildman–Crippen LogP) is 3.73. The first-order valence-electron chi connectivity index (χ1n) is 8.96. The zero-order valence-electron chi connectivity index (χ0n) is 16.1. The Morgan fingerprint density at radius 3 is 2.29 bits per heavy atom. The van der Waals surface area contributed by atoms with Crippen LogP contribution in [0.25, 0.3) is 5.69 Å². The van der Waals surface area contributed by atoms with Crippen molar-refractivity contribution in [2.75, 3.05) is 11.9 Å². The molecule has 2 aromatic carbocycles. The zero-order chi connectivity index (χ0) is 22.6. The third-order valence-electron chi connectivity index (χ3n) is 4.17. The van der Waals surface area contributed by atoms with Crippen LogP contribution in [0.1, 0.15) is 21.6 Å². The highest BCUT2D eigenvalue weighted by Gasteiger charge is 2.40. The summed E-state index contributed by atoms with van der Waals surface area (Å²) in [6.07, 6.45) is -4.09. The lowest BCUT2D eigenvalue weighted by Crippen LogP contribution is -2.44. The fourth-order valence-corrected chi connectivity index (χ4v) is 2.78. The number of benzene rings is 2. The normalized spacial score (nSPS) is 11.1. The maximum absolute atomic E-state index is 13.6. The second-order valence-electron chi connectivity index (χ2n) is 6.51. The Bertz CT molecular complexity index is 1080. The first-order chi connectivity index (χ1) is 14.6. The monoisotopic (exact) mass is 451 g/mol. The Morgan fingerprint density at radius 2 is 1.68 bits per heavy atom. The van der Waals surface area contributed by atoms with E-state index in [9.17, 15) is 22.8 Å². The number of carbonyl (C=O) groups excluding carboxylic acids is 2. The number of nitrogens with zero attached hydrogens (tertiary/aromatic N) is 2. The lowest BCUT2D eigenvalue weighted by Gasteiger charge is -2.13. The highest BCUT2D eigenvalue weighted by Crippen LogP contribution is 2.33. The third-order valence-corrected chi connectivity index (χ3v) is 4.43. The molecule has 0 bridgehead atoms. The molecule has 3 N–H and O–H groups in total. The van der Waals surface area contributed by atoms with Crippen LogP contribution in [0.4, 0.5) is 18.9 Å². The summed E-state index contributed by atoms with van der Waals surface area (Å²) >= 11 is 5.77. The maximum atomic E-state index is 13.6. The zero-order valence-corrected chi connectivity index (χ0v) is 16.9. The molecule has 31 heavy (non-hydrogen) atoms. The number of hydrogen-bond donors (Lipinski definition) is 3. The van der Waals surface area contributed by atoms with E-state index in [1.165, 1.54) is 24.3 Å². The standard InChI is InChI=1S/C20H17ClF3N5O2/c1-12-2-6-14(7-3-12)25-11-17(30)27-28-19(31)16-10-26-29(18(16)20(22,23)24)15-8-4-13(21)5-9-15/h2-10,25H,11H2,1H3,(H,27,30)(H,28,31). The molecule has 0 saturated heterocycles. The van der Waals surface area contributed by atoms with Crippen LogP contribution in [0.2, 0.25) is 5.02 Å². The molecule has 0 aliphatic rings. The summed E-state index contributed by atoms with van der Waals surface area (Å²) in [4.78, 5) is 24.2. The van der Waals surface area contributed by atoms with Gasteiger partial charge in [-0.2, -0.15) is 18.3 Å². The Labute approximate surface area is 180 Å². The van der Waals surface area contributed by atoms with Crippen LogP contribution >= 0.6 is 11.6 Å². The summed E-state index contributed by atoms with van der Waals surface area (Å²) in [5, 5.41) is 6.85. The summed E-state index contributed by atoms with van der Waals surface area (Å²) < 4.78 is 41.5. The molecule has 0 fully saturated rings. The van der Waals surface area contributed by atoms with Gasteiger partial charge in [0.1, 0.15) is 0 Å². The Balaban J connectivity index is 1.69. The summed E-state index contributed by atoms with van der Waals surface area (Å²) in [6, 6.07) is 12.7. The molecule has 11 heteroatoms. The number of aryl methyl sites for hydroxylation is 1. The van der Waals surface area contributed by atoms with Crippen molar-refractivity contribution in [3.05, 3.63) is 76.6 Å². The van der Waals surface area contributed by atoms with Crippen LogP contribution in [0, 0.1) is 6.92 Å². The molecule has 0 atom stereocenters. The first-order valence-corrected chi connectivity index (χ1v) is 9.34. The minimum absolute atomic E-state index is 0.0714. The molecule has 1 aromatic heterocycles. The molecule has 7 nitrogen and oxygen atoms in total. The van der Waals surface area contributed by atoms with E-state index in [1.807, 2.05) is 24.5 Å². The number of amides is 2. The van der Waals surface area contributed by atoms with Gasteiger partial charge in [0.25, 0.3) is 11.8 Å². The van der Waals surface area contributed by atoms with Crippen molar-refractivity contribution in [1.29, 1.82) is 0 Å². The van der Waals surface area contributed by atoms with E-state index in [4.69, 9.17) is 11.6 Å². The Morgan fingerprint density at radius 1 is 1.03 bits per heavy atom. The van der Waals surface area contributed by atoms with E-state index >= 15 is 0 Å². The number of halogens is 4. The van der Waals surface area contributed by atoms with Crippen LogP contribution < -0.4 is 16.2 Å².